The summed E-state index contributed by atoms with van der Waals surface area (Å²) in [7, 11) is 5.12. The molecule has 0 aromatic heterocycles. The van der Waals surface area contributed by atoms with E-state index in [4.69, 9.17) is 9.47 Å². The molecule has 142 valence electrons. The number of guanidine groups is 1. The largest absolute Gasteiger partial charge is 0.497 e. The summed E-state index contributed by atoms with van der Waals surface area (Å²) in [6.07, 6.45) is 4.02. The van der Waals surface area contributed by atoms with Gasteiger partial charge in [0.1, 0.15) is 11.5 Å². The van der Waals surface area contributed by atoms with E-state index in [1.807, 2.05) is 18.2 Å². The van der Waals surface area contributed by atoms with Crippen LogP contribution in [0.5, 0.6) is 11.5 Å². The molecule has 1 aromatic rings. The zero-order chi connectivity index (χ0) is 17.2. The number of nitrogens with one attached hydrogen (secondary N) is 2. The fraction of sp³-hybridized carbons (Fsp3) is 0.611. The topological polar surface area (TPSA) is 58.1 Å². The number of aliphatic imine (C=N–C) groups is 1. The molecular weight excluding hydrogens is 431 g/mol. The third-order valence-corrected chi connectivity index (χ3v) is 4.33. The maximum atomic E-state index is 5.43. The molecular formula is C18H31IN4O2. The van der Waals surface area contributed by atoms with Gasteiger partial charge in [-0.1, -0.05) is 6.42 Å². The molecule has 1 aliphatic rings. The van der Waals surface area contributed by atoms with Gasteiger partial charge in [0.25, 0.3) is 0 Å². The quantitative estimate of drug-likeness (QED) is 0.371. The Labute approximate surface area is 168 Å². The minimum absolute atomic E-state index is 0. The molecule has 0 bridgehead atoms. The summed E-state index contributed by atoms with van der Waals surface area (Å²) in [5, 5.41) is 6.71. The molecule has 2 rings (SSSR count). The summed E-state index contributed by atoms with van der Waals surface area (Å²) in [5.41, 5.74) is 1.07. The molecule has 0 unspecified atom stereocenters. The van der Waals surface area contributed by atoms with Crippen LogP contribution in [-0.4, -0.2) is 58.3 Å². The zero-order valence-electron chi connectivity index (χ0n) is 15.5. The van der Waals surface area contributed by atoms with Crippen molar-refractivity contribution in [3.05, 3.63) is 23.8 Å². The monoisotopic (exact) mass is 462 g/mol. The van der Waals surface area contributed by atoms with Crippen LogP contribution in [0.4, 0.5) is 0 Å². The smallest absolute Gasteiger partial charge is 0.191 e. The standard InChI is InChI=1S/C18H30N4O2.HI/c1-19-18(20-9-12-22-10-5-4-6-11-22)21-14-15-7-8-16(23-2)13-17(15)24-3;/h7-8,13H,4-6,9-12,14H2,1-3H3,(H2,19,20,21);1H. The summed E-state index contributed by atoms with van der Waals surface area (Å²) < 4.78 is 10.7. The lowest BCUT2D eigenvalue weighted by molar-refractivity contribution is 0.232. The number of ether oxygens (including phenoxy) is 2. The first-order chi connectivity index (χ1) is 11.8. The summed E-state index contributed by atoms with van der Waals surface area (Å²) in [6, 6.07) is 5.83. The van der Waals surface area contributed by atoms with E-state index < -0.39 is 0 Å². The Morgan fingerprint density at radius 2 is 1.88 bits per heavy atom. The van der Waals surface area contributed by atoms with E-state index in [9.17, 15) is 0 Å². The maximum absolute atomic E-state index is 5.43. The molecule has 1 aromatic carbocycles. The summed E-state index contributed by atoms with van der Waals surface area (Å²) in [4.78, 5) is 6.80. The Morgan fingerprint density at radius 3 is 2.52 bits per heavy atom. The number of methoxy groups -OCH3 is 2. The Morgan fingerprint density at radius 1 is 1.12 bits per heavy atom. The average molecular weight is 462 g/mol. The highest BCUT2D eigenvalue weighted by Gasteiger charge is 2.10. The number of piperidine rings is 1. The predicted octanol–water partition coefficient (Wildman–Crippen LogP) is 2.47. The summed E-state index contributed by atoms with van der Waals surface area (Å²) in [6.45, 7) is 5.05. The van der Waals surface area contributed by atoms with Crippen LogP contribution in [0.1, 0.15) is 24.8 Å². The van der Waals surface area contributed by atoms with E-state index in [2.05, 4.69) is 20.5 Å². The number of nitrogens with zero attached hydrogens (tertiary/aromatic N) is 2. The molecule has 0 radical (unpaired) electrons. The number of hydrogen-bond donors (Lipinski definition) is 2. The van der Waals surface area contributed by atoms with E-state index in [1.54, 1.807) is 21.3 Å². The fourth-order valence-electron chi connectivity index (χ4n) is 2.91. The molecule has 1 saturated heterocycles. The third-order valence-electron chi connectivity index (χ3n) is 4.33. The molecule has 6 nitrogen and oxygen atoms in total. The Kier molecular flexibility index (Phi) is 10.6. The molecule has 25 heavy (non-hydrogen) atoms. The second-order valence-corrected chi connectivity index (χ2v) is 5.93. The van der Waals surface area contributed by atoms with Gasteiger partial charge in [-0.05, 0) is 38.1 Å². The van der Waals surface area contributed by atoms with Crippen molar-refractivity contribution in [1.82, 2.24) is 15.5 Å². The van der Waals surface area contributed by atoms with Crippen LogP contribution in [0.25, 0.3) is 0 Å². The lowest BCUT2D eigenvalue weighted by atomic mass is 10.1. The molecule has 0 saturated carbocycles. The van der Waals surface area contributed by atoms with Gasteiger partial charge in [-0.15, -0.1) is 24.0 Å². The van der Waals surface area contributed by atoms with Gasteiger partial charge in [0.05, 0.1) is 14.2 Å². The van der Waals surface area contributed by atoms with Crippen molar-refractivity contribution in [3.63, 3.8) is 0 Å². The van der Waals surface area contributed by atoms with Crippen LogP contribution in [0.15, 0.2) is 23.2 Å². The van der Waals surface area contributed by atoms with Gasteiger partial charge in [-0.2, -0.15) is 0 Å². The Hall–Kier alpha value is -1.22. The van der Waals surface area contributed by atoms with Crippen molar-refractivity contribution in [1.29, 1.82) is 0 Å². The van der Waals surface area contributed by atoms with E-state index >= 15 is 0 Å². The lowest BCUT2D eigenvalue weighted by Gasteiger charge is -2.26. The molecule has 1 fully saturated rings. The Balaban J connectivity index is 0.00000312. The minimum atomic E-state index is 0. The van der Waals surface area contributed by atoms with E-state index in [0.29, 0.717) is 6.54 Å². The molecule has 7 heteroatoms. The number of halogens is 1. The molecule has 1 heterocycles. The van der Waals surface area contributed by atoms with Crippen LogP contribution in [-0.2, 0) is 6.54 Å². The Bertz CT molecular complexity index is 534. The van der Waals surface area contributed by atoms with Crippen molar-refractivity contribution in [2.75, 3.05) is 47.4 Å². The fourth-order valence-corrected chi connectivity index (χ4v) is 2.91. The SMILES string of the molecule is CN=C(NCCN1CCCCC1)NCc1ccc(OC)cc1OC.I. The van der Waals surface area contributed by atoms with Gasteiger partial charge in [0.15, 0.2) is 5.96 Å². The highest BCUT2D eigenvalue weighted by atomic mass is 127. The zero-order valence-corrected chi connectivity index (χ0v) is 17.8. The molecule has 0 atom stereocenters. The first kappa shape index (κ1) is 21.8. The minimum Gasteiger partial charge on any atom is -0.497 e. The van der Waals surface area contributed by atoms with Gasteiger partial charge in [0.2, 0.25) is 0 Å². The molecule has 0 amide bonds. The number of hydrogen-bond acceptors (Lipinski definition) is 4. The van der Waals surface area contributed by atoms with E-state index in [1.165, 1.54) is 32.4 Å². The van der Waals surface area contributed by atoms with Gasteiger partial charge >= 0.3 is 0 Å². The van der Waals surface area contributed by atoms with Crippen molar-refractivity contribution >= 4 is 29.9 Å². The molecule has 2 N–H and O–H groups in total. The van der Waals surface area contributed by atoms with Gasteiger partial charge in [0, 0.05) is 38.3 Å². The normalized spacial score (nSPS) is 15.2. The van der Waals surface area contributed by atoms with Crippen LogP contribution in [0, 0.1) is 0 Å². The third kappa shape index (κ3) is 7.27. The van der Waals surface area contributed by atoms with Crippen molar-refractivity contribution in [2.24, 2.45) is 4.99 Å². The molecule has 0 spiro atoms. The highest BCUT2D eigenvalue weighted by Crippen LogP contribution is 2.24. The van der Waals surface area contributed by atoms with Gasteiger partial charge in [-0.3, -0.25) is 4.99 Å². The first-order valence-electron chi connectivity index (χ1n) is 8.64. The second kappa shape index (κ2) is 12.2. The second-order valence-electron chi connectivity index (χ2n) is 5.93. The van der Waals surface area contributed by atoms with Crippen molar-refractivity contribution < 1.29 is 9.47 Å². The van der Waals surface area contributed by atoms with Gasteiger partial charge in [-0.25, -0.2) is 0 Å². The maximum Gasteiger partial charge on any atom is 0.191 e. The number of likely N-dealkylation sites (tertiary alicyclic amines) is 1. The van der Waals surface area contributed by atoms with E-state index in [-0.39, 0.29) is 24.0 Å². The van der Waals surface area contributed by atoms with Crippen LogP contribution in [0.2, 0.25) is 0 Å². The number of rotatable bonds is 7. The lowest BCUT2D eigenvalue weighted by Crippen LogP contribution is -2.42. The first-order valence-corrected chi connectivity index (χ1v) is 8.64. The van der Waals surface area contributed by atoms with Crippen molar-refractivity contribution in [3.8, 4) is 11.5 Å². The summed E-state index contributed by atoms with van der Waals surface area (Å²) in [5.74, 6) is 2.41. The van der Waals surface area contributed by atoms with Crippen LogP contribution >= 0.6 is 24.0 Å². The van der Waals surface area contributed by atoms with Crippen LogP contribution < -0.4 is 20.1 Å². The predicted molar refractivity (Wildman–Crippen MR) is 113 cm³/mol. The molecule has 0 aliphatic carbocycles. The highest BCUT2D eigenvalue weighted by molar-refractivity contribution is 14.0. The number of benzene rings is 1. The van der Waals surface area contributed by atoms with E-state index in [0.717, 1.165) is 36.1 Å². The molecule has 1 aliphatic heterocycles. The summed E-state index contributed by atoms with van der Waals surface area (Å²) >= 11 is 0. The van der Waals surface area contributed by atoms with Gasteiger partial charge < -0.3 is 25.0 Å². The average Bonchev–Trinajstić information content (AvgIpc) is 2.65. The van der Waals surface area contributed by atoms with Crippen molar-refractivity contribution in [2.45, 2.75) is 25.8 Å². The van der Waals surface area contributed by atoms with Crippen LogP contribution in [0.3, 0.4) is 0 Å².